The molecule has 0 aliphatic carbocycles. The Morgan fingerprint density at radius 3 is 2.64 bits per heavy atom. The largest absolute Gasteiger partial charge is 0.496 e. The van der Waals surface area contributed by atoms with E-state index in [2.05, 4.69) is 12.2 Å². The topological polar surface area (TPSA) is 84.7 Å². The van der Waals surface area contributed by atoms with Crippen LogP contribution in [-0.2, 0) is 0 Å². The number of urea groups is 1. The summed E-state index contributed by atoms with van der Waals surface area (Å²) in [5.74, 6) is 0.680. The normalized spacial score (nSPS) is 19.2. The number of nitrogens with two attached hydrogens (primary N) is 1. The zero-order valence-electron chi connectivity index (χ0n) is 16.6. The first-order chi connectivity index (χ1) is 13.4. The summed E-state index contributed by atoms with van der Waals surface area (Å²) in [7, 11) is 1.65. The molecule has 1 aliphatic rings. The molecule has 28 heavy (non-hydrogen) atoms. The number of ether oxygens (including phenoxy) is 1. The van der Waals surface area contributed by atoms with Crippen LogP contribution in [0.15, 0.2) is 42.5 Å². The molecule has 3 N–H and O–H groups in total. The van der Waals surface area contributed by atoms with Crippen molar-refractivity contribution in [1.82, 2.24) is 4.90 Å². The second-order valence-electron chi connectivity index (χ2n) is 7.47. The molecule has 1 heterocycles. The van der Waals surface area contributed by atoms with Gasteiger partial charge in [-0.2, -0.15) is 0 Å². The van der Waals surface area contributed by atoms with Gasteiger partial charge >= 0.3 is 6.03 Å². The summed E-state index contributed by atoms with van der Waals surface area (Å²) < 4.78 is 5.52. The van der Waals surface area contributed by atoms with E-state index in [9.17, 15) is 9.59 Å². The van der Waals surface area contributed by atoms with E-state index < -0.39 is 5.91 Å². The summed E-state index contributed by atoms with van der Waals surface area (Å²) in [5.41, 5.74) is 8.21. The molecule has 0 radical (unpaired) electrons. The molecule has 6 heteroatoms. The number of nitrogens with one attached hydrogen (secondary N) is 1. The van der Waals surface area contributed by atoms with Crippen LogP contribution in [0.2, 0.25) is 0 Å². The first-order valence-corrected chi connectivity index (χ1v) is 9.51. The SMILES string of the molecule is COc1ccccc1C1CCC(C)CN1C(=O)Nc1cc(C)cc(C(N)=O)c1. The van der Waals surface area contributed by atoms with Crippen LogP contribution < -0.4 is 15.8 Å². The minimum atomic E-state index is -0.516. The van der Waals surface area contributed by atoms with Crippen molar-refractivity contribution in [2.45, 2.75) is 32.7 Å². The summed E-state index contributed by atoms with van der Waals surface area (Å²) in [6, 6.07) is 12.7. The van der Waals surface area contributed by atoms with Crippen LogP contribution in [0.4, 0.5) is 10.5 Å². The number of primary amides is 1. The van der Waals surface area contributed by atoms with Gasteiger partial charge in [-0.1, -0.05) is 25.1 Å². The molecule has 3 rings (SSSR count). The zero-order valence-corrected chi connectivity index (χ0v) is 16.6. The number of aryl methyl sites for hydroxylation is 1. The van der Waals surface area contributed by atoms with Gasteiger partial charge in [0.1, 0.15) is 5.75 Å². The molecule has 6 nitrogen and oxygen atoms in total. The summed E-state index contributed by atoms with van der Waals surface area (Å²) in [4.78, 5) is 26.5. The number of carbonyl (C=O) groups excluding carboxylic acids is 2. The van der Waals surface area contributed by atoms with Crippen molar-refractivity contribution in [3.63, 3.8) is 0 Å². The molecule has 0 saturated carbocycles. The fourth-order valence-electron chi connectivity index (χ4n) is 3.83. The van der Waals surface area contributed by atoms with E-state index in [4.69, 9.17) is 10.5 Å². The molecule has 148 valence electrons. The van der Waals surface area contributed by atoms with Crippen LogP contribution in [0.5, 0.6) is 5.75 Å². The molecular weight excluding hydrogens is 354 g/mol. The van der Waals surface area contributed by atoms with Crippen molar-refractivity contribution in [2.24, 2.45) is 11.7 Å². The molecular formula is C22H27N3O3. The number of nitrogens with zero attached hydrogens (tertiary/aromatic N) is 1. The van der Waals surface area contributed by atoms with Crippen LogP contribution in [0, 0.1) is 12.8 Å². The Balaban J connectivity index is 1.88. The van der Waals surface area contributed by atoms with E-state index in [0.29, 0.717) is 23.7 Å². The van der Waals surface area contributed by atoms with Gasteiger partial charge in [-0.05, 0) is 55.5 Å². The number of amides is 3. The van der Waals surface area contributed by atoms with Gasteiger partial charge in [0.2, 0.25) is 5.91 Å². The van der Waals surface area contributed by atoms with E-state index >= 15 is 0 Å². The summed E-state index contributed by atoms with van der Waals surface area (Å²) >= 11 is 0. The van der Waals surface area contributed by atoms with Crippen molar-refractivity contribution < 1.29 is 14.3 Å². The number of hydrogen-bond donors (Lipinski definition) is 2. The molecule has 3 amide bonds. The fourth-order valence-corrected chi connectivity index (χ4v) is 3.83. The average Bonchev–Trinajstić information content (AvgIpc) is 2.67. The highest BCUT2D eigenvalue weighted by Gasteiger charge is 2.32. The number of carbonyl (C=O) groups is 2. The Hall–Kier alpha value is -3.02. The maximum absolute atomic E-state index is 13.1. The van der Waals surface area contributed by atoms with Gasteiger partial charge in [0, 0.05) is 23.4 Å². The summed E-state index contributed by atoms with van der Waals surface area (Å²) in [6.45, 7) is 4.67. The van der Waals surface area contributed by atoms with Crippen LogP contribution in [0.25, 0.3) is 0 Å². The molecule has 1 fully saturated rings. The summed E-state index contributed by atoms with van der Waals surface area (Å²) in [5, 5.41) is 2.94. The second kappa shape index (κ2) is 8.33. The summed E-state index contributed by atoms with van der Waals surface area (Å²) in [6.07, 6.45) is 1.91. The van der Waals surface area contributed by atoms with Crippen molar-refractivity contribution >= 4 is 17.6 Å². The van der Waals surface area contributed by atoms with Crippen molar-refractivity contribution in [1.29, 1.82) is 0 Å². The Labute approximate surface area is 165 Å². The van der Waals surface area contributed by atoms with Gasteiger partial charge in [0.15, 0.2) is 0 Å². The van der Waals surface area contributed by atoms with Gasteiger partial charge in [0.25, 0.3) is 0 Å². The van der Waals surface area contributed by atoms with Gasteiger partial charge < -0.3 is 20.7 Å². The Morgan fingerprint density at radius 1 is 1.18 bits per heavy atom. The lowest BCUT2D eigenvalue weighted by atomic mass is 9.90. The highest BCUT2D eigenvalue weighted by molar-refractivity contribution is 5.96. The minimum Gasteiger partial charge on any atom is -0.496 e. The fraction of sp³-hybridized carbons (Fsp3) is 0.364. The predicted octanol–water partition coefficient (Wildman–Crippen LogP) is 4.11. The lowest BCUT2D eigenvalue weighted by molar-refractivity contribution is 0.1000. The van der Waals surface area contributed by atoms with Crippen LogP contribution >= 0.6 is 0 Å². The number of hydrogen-bond acceptors (Lipinski definition) is 3. The third-order valence-electron chi connectivity index (χ3n) is 5.19. The van der Waals surface area contributed by atoms with Gasteiger partial charge in [-0.15, -0.1) is 0 Å². The van der Waals surface area contributed by atoms with Crippen molar-refractivity contribution in [3.8, 4) is 5.75 Å². The van der Waals surface area contributed by atoms with Crippen LogP contribution in [0.1, 0.15) is 47.3 Å². The first-order valence-electron chi connectivity index (χ1n) is 9.51. The van der Waals surface area contributed by atoms with Gasteiger partial charge in [0.05, 0.1) is 13.2 Å². The number of piperidine rings is 1. The van der Waals surface area contributed by atoms with E-state index in [1.54, 1.807) is 19.2 Å². The first kappa shape index (κ1) is 19.7. The van der Waals surface area contributed by atoms with Gasteiger partial charge in [-0.25, -0.2) is 4.79 Å². The predicted molar refractivity (Wildman–Crippen MR) is 110 cm³/mol. The third-order valence-corrected chi connectivity index (χ3v) is 5.19. The molecule has 2 atom stereocenters. The Kier molecular flexibility index (Phi) is 5.87. The maximum Gasteiger partial charge on any atom is 0.322 e. The van der Waals surface area contributed by atoms with Gasteiger partial charge in [-0.3, -0.25) is 4.79 Å². The monoisotopic (exact) mass is 381 g/mol. The molecule has 1 aliphatic heterocycles. The lowest BCUT2D eigenvalue weighted by Crippen LogP contribution is -2.44. The number of likely N-dealkylation sites (tertiary alicyclic amines) is 1. The molecule has 1 saturated heterocycles. The third kappa shape index (κ3) is 4.27. The quantitative estimate of drug-likeness (QED) is 0.836. The molecule has 2 aromatic carbocycles. The van der Waals surface area contributed by atoms with E-state index in [1.165, 1.54) is 0 Å². The number of methoxy groups -OCH3 is 1. The molecule has 2 unspecified atom stereocenters. The van der Waals surface area contributed by atoms with Crippen LogP contribution in [-0.4, -0.2) is 30.5 Å². The molecule has 0 bridgehead atoms. The standard InChI is InChI=1S/C22H27N3O3/c1-14-8-9-19(18-6-4-5-7-20(18)28-3)25(13-14)22(27)24-17-11-15(2)10-16(12-17)21(23)26/h4-7,10-12,14,19H,8-9,13H2,1-3H3,(H2,23,26)(H,24,27). The highest BCUT2D eigenvalue weighted by Crippen LogP contribution is 2.37. The Morgan fingerprint density at radius 2 is 1.93 bits per heavy atom. The molecule has 0 spiro atoms. The van der Waals surface area contributed by atoms with Crippen molar-refractivity contribution in [3.05, 3.63) is 59.2 Å². The number of para-hydroxylation sites is 1. The number of anilines is 1. The number of rotatable bonds is 4. The molecule has 0 aromatic heterocycles. The second-order valence-corrected chi connectivity index (χ2v) is 7.47. The van der Waals surface area contributed by atoms with E-state index in [0.717, 1.165) is 29.7 Å². The highest BCUT2D eigenvalue weighted by atomic mass is 16.5. The zero-order chi connectivity index (χ0) is 20.3. The maximum atomic E-state index is 13.1. The Bertz CT molecular complexity index is 881. The van der Waals surface area contributed by atoms with Crippen LogP contribution in [0.3, 0.4) is 0 Å². The number of benzene rings is 2. The lowest BCUT2D eigenvalue weighted by Gasteiger charge is -2.39. The minimum absolute atomic E-state index is 0.0622. The smallest absolute Gasteiger partial charge is 0.322 e. The molecule has 2 aromatic rings. The van der Waals surface area contributed by atoms with E-state index in [-0.39, 0.29) is 12.1 Å². The average molecular weight is 381 g/mol. The van der Waals surface area contributed by atoms with Crippen molar-refractivity contribution in [2.75, 3.05) is 19.0 Å². The van der Waals surface area contributed by atoms with E-state index in [1.807, 2.05) is 42.2 Å².